The first-order chi connectivity index (χ1) is 10.8. The smallest absolute Gasteiger partial charge is 0.445 e. The molecule has 0 saturated carbocycles. The molecule has 4 rings (SSSR count). The third-order valence-corrected chi connectivity index (χ3v) is 3.70. The lowest BCUT2D eigenvalue weighted by molar-refractivity contribution is 0.352. The molecule has 0 N–H and O–H groups in total. The van der Waals surface area contributed by atoms with Crippen LogP contribution in [-0.2, 0) is 0 Å². The van der Waals surface area contributed by atoms with Gasteiger partial charge in [-0.25, -0.2) is 9.20 Å². The molecule has 5 heteroatoms. The van der Waals surface area contributed by atoms with E-state index in [1.807, 2.05) is 54.6 Å². The summed E-state index contributed by atoms with van der Waals surface area (Å²) in [6.07, 6.45) is 0. The maximum Gasteiger partial charge on any atom is 0.445 e. The summed E-state index contributed by atoms with van der Waals surface area (Å²) in [7, 11) is 1.61. The Balaban J connectivity index is 2.12. The topological polar surface area (TPSA) is 56.7 Å². The van der Waals surface area contributed by atoms with Crippen LogP contribution in [0.5, 0.6) is 5.75 Å². The quantitative estimate of drug-likeness (QED) is 0.569. The Morgan fingerprint density at radius 1 is 1.05 bits per heavy atom. The third kappa shape index (κ3) is 1.79. The first-order valence-electron chi connectivity index (χ1n) is 6.82. The highest BCUT2D eigenvalue weighted by molar-refractivity contribution is 5.92. The molecular weight excluding hydrogens is 280 g/mol. The van der Waals surface area contributed by atoms with E-state index in [9.17, 15) is 4.79 Å². The minimum Gasteiger partial charge on any atom is -0.497 e. The molecule has 0 aliphatic heterocycles. The van der Waals surface area contributed by atoms with Crippen LogP contribution >= 0.6 is 0 Å². The molecule has 0 radical (unpaired) electrons. The van der Waals surface area contributed by atoms with Crippen LogP contribution in [0.4, 0.5) is 0 Å². The molecular formula is C17H12N2O3. The number of hydrogen-bond donors (Lipinski definition) is 0. The predicted octanol–water partition coefficient (Wildman–Crippen LogP) is 3.12. The lowest BCUT2D eigenvalue weighted by atomic mass is 10.1. The molecule has 2 aromatic carbocycles. The first kappa shape index (κ1) is 12.6. The molecule has 2 heterocycles. The summed E-state index contributed by atoms with van der Waals surface area (Å²) in [5.74, 6) is 0.233. The van der Waals surface area contributed by atoms with Crippen molar-refractivity contribution in [1.82, 2.24) is 9.56 Å². The Morgan fingerprint density at radius 3 is 2.64 bits per heavy atom. The van der Waals surface area contributed by atoms with E-state index in [0.29, 0.717) is 11.2 Å². The fraction of sp³-hybridized carbons (Fsp3) is 0.0588. The van der Waals surface area contributed by atoms with Crippen molar-refractivity contribution in [2.75, 3.05) is 7.11 Å². The van der Waals surface area contributed by atoms with Gasteiger partial charge in [-0.15, -0.1) is 0 Å². The van der Waals surface area contributed by atoms with Gasteiger partial charge in [-0.05, 0) is 24.3 Å². The summed E-state index contributed by atoms with van der Waals surface area (Å²) in [5, 5.41) is 4.87. The van der Waals surface area contributed by atoms with E-state index in [-0.39, 0.29) is 0 Å². The summed E-state index contributed by atoms with van der Waals surface area (Å²) in [4.78, 5) is 12.1. The van der Waals surface area contributed by atoms with Crippen molar-refractivity contribution in [2.45, 2.75) is 0 Å². The average Bonchev–Trinajstić information content (AvgIpc) is 2.95. The zero-order chi connectivity index (χ0) is 15.1. The number of nitrogens with zero attached hydrogens (tertiary/aromatic N) is 2. The van der Waals surface area contributed by atoms with Crippen LogP contribution in [-0.4, -0.2) is 16.7 Å². The van der Waals surface area contributed by atoms with Gasteiger partial charge in [0.2, 0.25) is 0 Å². The number of aromatic nitrogens is 2. The van der Waals surface area contributed by atoms with Gasteiger partial charge in [-0.1, -0.05) is 35.5 Å². The number of hydrogen-bond acceptors (Lipinski definition) is 4. The van der Waals surface area contributed by atoms with Crippen molar-refractivity contribution in [3.63, 3.8) is 0 Å². The largest absolute Gasteiger partial charge is 0.497 e. The molecule has 0 atom stereocenters. The van der Waals surface area contributed by atoms with Crippen LogP contribution in [0.15, 0.2) is 63.9 Å². The van der Waals surface area contributed by atoms with Crippen molar-refractivity contribution in [1.29, 1.82) is 0 Å². The van der Waals surface area contributed by atoms with Crippen LogP contribution in [0.3, 0.4) is 0 Å². The van der Waals surface area contributed by atoms with Crippen LogP contribution in [0.1, 0.15) is 0 Å². The fourth-order valence-electron chi connectivity index (χ4n) is 2.66. The number of benzene rings is 2. The van der Waals surface area contributed by atoms with Crippen molar-refractivity contribution in [2.24, 2.45) is 0 Å². The van der Waals surface area contributed by atoms with E-state index in [1.165, 1.54) is 4.40 Å². The summed E-state index contributed by atoms with van der Waals surface area (Å²) >= 11 is 0. The first-order valence-corrected chi connectivity index (χ1v) is 6.82. The van der Waals surface area contributed by atoms with Gasteiger partial charge < -0.3 is 4.74 Å². The Bertz CT molecular complexity index is 1030. The Labute approximate surface area is 125 Å². The highest BCUT2D eigenvalue weighted by atomic mass is 16.5. The standard InChI is InChI=1S/C17H12N2O3/c1-21-13-7-8-14-12(9-13)10-15-16(11-5-3-2-4-6-11)18-22-17(20)19(14)15/h2-10H,1H3. The van der Waals surface area contributed by atoms with E-state index >= 15 is 0 Å². The molecule has 0 bridgehead atoms. The Kier molecular flexibility index (Phi) is 2.72. The zero-order valence-corrected chi connectivity index (χ0v) is 11.8. The number of rotatable bonds is 2. The van der Waals surface area contributed by atoms with Gasteiger partial charge in [-0.2, -0.15) is 0 Å². The maximum atomic E-state index is 12.1. The van der Waals surface area contributed by atoms with Gasteiger partial charge >= 0.3 is 5.76 Å². The van der Waals surface area contributed by atoms with Gasteiger partial charge in [0.1, 0.15) is 11.4 Å². The second kappa shape index (κ2) is 4.73. The van der Waals surface area contributed by atoms with Crippen LogP contribution in [0.2, 0.25) is 0 Å². The normalized spacial score (nSPS) is 11.1. The Morgan fingerprint density at radius 2 is 1.86 bits per heavy atom. The molecule has 0 aliphatic carbocycles. The lowest BCUT2D eigenvalue weighted by Gasteiger charge is -2.02. The van der Waals surface area contributed by atoms with E-state index in [2.05, 4.69) is 5.16 Å². The molecule has 4 aromatic rings. The molecule has 0 spiro atoms. The monoisotopic (exact) mass is 292 g/mol. The van der Waals surface area contributed by atoms with Gasteiger partial charge in [0.05, 0.1) is 18.1 Å². The molecule has 0 amide bonds. The third-order valence-electron chi connectivity index (χ3n) is 3.70. The number of methoxy groups -OCH3 is 1. The van der Waals surface area contributed by atoms with E-state index in [4.69, 9.17) is 9.26 Å². The maximum absolute atomic E-state index is 12.1. The summed E-state index contributed by atoms with van der Waals surface area (Å²) < 4.78 is 11.7. The van der Waals surface area contributed by atoms with Crippen LogP contribution in [0.25, 0.3) is 27.7 Å². The number of fused-ring (bicyclic) bond motifs is 3. The fourth-order valence-corrected chi connectivity index (χ4v) is 2.66. The van der Waals surface area contributed by atoms with E-state index in [0.717, 1.165) is 22.2 Å². The van der Waals surface area contributed by atoms with Gasteiger partial charge in [0.15, 0.2) is 0 Å². The second-order valence-corrected chi connectivity index (χ2v) is 4.95. The average molecular weight is 292 g/mol. The molecule has 0 saturated heterocycles. The van der Waals surface area contributed by atoms with Crippen LogP contribution < -0.4 is 10.5 Å². The molecule has 5 nitrogen and oxygen atoms in total. The SMILES string of the molecule is COc1ccc2c(c1)cc1c(-c3ccccc3)noc(=O)n12. The van der Waals surface area contributed by atoms with Gasteiger partial charge in [-0.3, -0.25) is 4.52 Å². The molecule has 0 aliphatic rings. The van der Waals surface area contributed by atoms with E-state index < -0.39 is 5.76 Å². The summed E-state index contributed by atoms with van der Waals surface area (Å²) in [6.45, 7) is 0. The molecule has 108 valence electrons. The van der Waals surface area contributed by atoms with Crippen molar-refractivity contribution >= 4 is 16.4 Å². The molecule has 22 heavy (non-hydrogen) atoms. The summed E-state index contributed by atoms with van der Waals surface area (Å²) in [6, 6.07) is 17.1. The van der Waals surface area contributed by atoms with Crippen molar-refractivity contribution < 1.29 is 9.26 Å². The molecule has 0 fully saturated rings. The van der Waals surface area contributed by atoms with Gasteiger partial charge in [0, 0.05) is 10.9 Å². The molecule has 0 unspecified atom stereocenters. The summed E-state index contributed by atoms with van der Waals surface area (Å²) in [5.41, 5.74) is 3.01. The lowest BCUT2D eigenvalue weighted by Crippen LogP contribution is -2.12. The minimum atomic E-state index is -0.505. The second-order valence-electron chi connectivity index (χ2n) is 4.95. The Hall–Kier alpha value is -3.08. The van der Waals surface area contributed by atoms with Crippen molar-refractivity contribution in [3.8, 4) is 17.0 Å². The minimum absolute atomic E-state index is 0.505. The highest BCUT2D eigenvalue weighted by Gasteiger charge is 2.14. The van der Waals surface area contributed by atoms with Crippen LogP contribution in [0, 0.1) is 0 Å². The molecule has 2 aromatic heterocycles. The van der Waals surface area contributed by atoms with Gasteiger partial charge in [0.25, 0.3) is 0 Å². The highest BCUT2D eigenvalue weighted by Crippen LogP contribution is 2.28. The predicted molar refractivity (Wildman–Crippen MR) is 83.2 cm³/mol. The van der Waals surface area contributed by atoms with E-state index in [1.54, 1.807) is 7.11 Å². The zero-order valence-electron chi connectivity index (χ0n) is 11.8. The van der Waals surface area contributed by atoms with Crippen molar-refractivity contribution in [3.05, 3.63) is 65.1 Å². The number of ether oxygens (including phenoxy) is 1.